The molecule has 116 valence electrons. The molecule has 1 aromatic carbocycles. The molecule has 0 aliphatic rings. The van der Waals surface area contributed by atoms with Gasteiger partial charge in [-0.3, -0.25) is 9.59 Å². The maximum absolute atomic E-state index is 11.8. The van der Waals surface area contributed by atoms with Gasteiger partial charge in [-0.05, 0) is 43.7 Å². The molecule has 0 radical (unpaired) electrons. The third-order valence-corrected chi connectivity index (χ3v) is 2.95. The topological polar surface area (TPSA) is 70.2 Å². The van der Waals surface area contributed by atoms with E-state index in [2.05, 4.69) is 29.8 Å². The lowest BCUT2D eigenvalue weighted by Crippen LogP contribution is -2.24. The molecular formula is C16H25N3O2. The summed E-state index contributed by atoms with van der Waals surface area (Å²) in [6.45, 7) is 8.37. The third-order valence-electron chi connectivity index (χ3n) is 2.95. The molecule has 0 atom stereocenters. The van der Waals surface area contributed by atoms with Gasteiger partial charge in [-0.25, -0.2) is 0 Å². The van der Waals surface area contributed by atoms with Crippen LogP contribution in [0.1, 0.15) is 39.2 Å². The van der Waals surface area contributed by atoms with Gasteiger partial charge >= 0.3 is 0 Å². The Bertz CT molecular complexity index is 498. The first-order valence-electron chi connectivity index (χ1n) is 7.30. The van der Waals surface area contributed by atoms with Crippen LogP contribution >= 0.6 is 0 Å². The van der Waals surface area contributed by atoms with Crippen molar-refractivity contribution in [3.63, 3.8) is 0 Å². The predicted octanol–water partition coefficient (Wildman–Crippen LogP) is 2.67. The van der Waals surface area contributed by atoms with E-state index in [4.69, 9.17) is 0 Å². The maximum atomic E-state index is 11.8. The van der Waals surface area contributed by atoms with Crippen molar-refractivity contribution in [1.29, 1.82) is 0 Å². The first-order chi connectivity index (χ1) is 9.88. The molecule has 5 heteroatoms. The third kappa shape index (κ3) is 6.90. The average Bonchev–Trinajstić information content (AvgIpc) is 2.37. The molecule has 0 spiro atoms. The average molecular weight is 291 g/mol. The van der Waals surface area contributed by atoms with E-state index in [9.17, 15) is 9.59 Å². The summed E-state index contributed by atoms with van der Waals surface area (Å²) in [6, 6.07) is 5.89. The molecule has 21 heavy (non-hydrogen) atoms. The minimum absolute atomic E-state index is 0.00670. The fourth-order valence-electron chi connectivity index (χ4n) is 1.93. The summed E-state index contributed by atoms with van der Waals surface area (Å²) >= 11 is 0. The highest BCUT2D eigenvalue weighted by atomic mass is 16.2. The van der Waals surface area contributed by atoms with Crippen LogP contribution in [0.25, 0.3) is 0 Å². The molecule has 1 aromatic rings. The van der Waals surface area contributed by atoms with Crippen LogP contribution in [0.2, 0.25) is 0 Å². The number of hydrogen-bond donors (Lipinski definition) is 3. The van der Waals surface area contributed by atoms with Gasteiger partial charge in [0, 0.05) is 30.8 Å². The normalized spacial score (nSPS) is 10.5. The smallest absolute Gasteiger partial charge is 0.224 e. The largest absolute Gasteiger partial charge is 0.326 e. The van der Waals surface area contributed by atoms with E-state index < -0.39 is 0 Å². The van der Waals surface area contributed by atoms with Crippen LogP contribution in [-0.4, -0.2) is 24.4 Å². The van der Waals surface area contributed by atoms with Crippen LogP contribution in [0, 0.1) is 6.92 Å². The van der Waals surface area contributed by atoms with Crippen molar-refractivity contribution in [2.24, 2.45) is 0 Å². The number of anilines is 2. The second kappa shape index (κ2) is 8.42. The number of amides is 2. The van der Waals surface area contributed by atoms with E-state index in [1.54, 1.807) is 12.1 Å². The molecule has 1 rings (SSSR count). The summed E-state index contributed by atoms with van der Waals surface area (Å²) in [5.41, 5.74) is 2.44. The summed E-state index contributed by atoms with van der Waals surface area (Å²) in [7, 11) is 0. The quantitative estimate of drug-likeness (QED) is 0.676. The van der Waals surface area contributed by atoms with E-state index in [1.807, 2.05) is 13.0 Å². The minimum atomic E-state index is -0.104. The first kappa shape index (κ1) is 17.2. The monoisotopic (exact) mass is 291 g/mol. The summed E-state index contributed by atoms with van der Waals surface area (Å²) < 4.78 is 0. The molecule has 2 amide bonds. The van der Waals surface area contributed by atoms with Crippen LogP contribution in [0.4, 0.5) is 11.4 Å². The van der Waals surface area contributed by atoms with Crippen molar-refractivity contribution in [2.75, 3.05) is 17.2 Å². The Morgan fingerprint density at radius 1 is 1.19 bits per heavy atom. The lowest BCUT2D eigenvalue weighted by molar-refractivity contribution is -0.116. The Morgan fingerprint density at radius 3 is 2.48 bits per heavy atom. The molecule has 0 saturated heterocycles. The molecule has 0 bridgehead atoms. The van der Waals surface area contributed by atoms with Gasteiger partial charge < -0.3 is 16.0 Å². The van der Waals surface area contributed by atoms with Gasteiger partial charge in [0.25, 0.3) is 0 Å². The van der Waals surface area contributed by atoms with Crippen LogP contribution < -0.4 is 16.0 Å². The highest BCUT2D eigenvalue weighted by Gasteiger charge is 2.05. The van der Waals surface area contributed by atoms with Crippen LogP contribution in [0.3, 0.4) is 0 Å². The Morgan fingerprint density at radius 2 is 1.90 bits per heavy atom. The van der Waals surface area contributed by atoms with Gasteiger partial charge in [0.05, 0.1) is 0 Å². The molecule has 5 nitrogen and oxygen atoms in total. The van der Waals surface area contributed by atoms with E-state index in [0.29, 0.717) is 12.5 Å². The van der Waals surface area contributed by atoms with Crippen LogP contribution in [0.5, 0.6) is 0 Å². The van der Waals surface area contributed by atoms with Gasteiger partial charge in [-0.1, -0.05) is 13.8 Å². The Kier molecular flexibility index (Phi) is 6.88. The zero-order valence-electron chi connectivity index (χ0n) is 13.2. The number of carbonyl (C=O) groups is 2. The van der Waals surface area contributed by atoms with Crippen molar-refractivity contribution in [2.45, 2.75) is 46.6 Å². The van der Waals surface area contributed by atoms with Crippen molar-refractivity contribution in [3.8, 4) is 0 Å². The second-order valence-electron chi connectivity index (χ2n) is 5.47. The highest BCUT2D eigenvalue weighted by molar-refractivity contribution is 5.92. The fourth-order valence-corrected chi connectivity index (χ4v) is 1.93. The molecular weight excluding hydrogens is 266 g/mol. The number of carbonyl (C=O) groups excluding carboxylic acids is 2. The number of aryl methyl sites for hydroxylation is 1. The Balaban J connectivity index is 2.45. The molecule has 0 heterocycles. The lowest BCUT2D eigenvalue weighted by Gasteiger charge is -2.11. The van der Waals surface area contributed by atoms with Crippen LogP contribution in [0.15, 0.2) is 18.2 Å². The number of hydrogen-bond acceptors (Lipinski definition) is 3. The van der Waals surface area contributed by atoms with Crippen LogP contribution in [-0.2, 0) is 9.59 Å². The summed E-state index contributed by atoms with van der Waals surface area (Å²) in [5.74, 6) is -0.0974. The highest BCUT2D eigenvalue weighted by Crippen LogP contribution is 2.19. The number of nitrogens with one attached hydrogen (secondary N) is 3. The van der Waals surface area contributed by atoms with Crippen molar-refractivity contribution in [1.82, 2.24) is 5.32 Å². The predicted molar refractivity (Wildman–Crippen MR) is 86.5 cm³/mol. The number of benzene rings is 1. The first-order valence-corrected chi connectivity index (χ1v) is 7.30. The molecule has 0 aliphatic heterocycles. The lowest BCUT2D eigenvalue weighted by atomic mass is 10.1. The maximum Gasteiger partial charge on any atom is 0.224 e. The molecule has 0 aromatic heterocycles. The molecule has 0 saturated carbocycles. The van der Waals surface area contributed by atoms with E-state index in [1.165, 1.54) is 6.92 Å². The zero-order valence-corrected chi connectivity index (χ0v) is 13.2. The van der Waals surface area contributed by atoms with Gasteiger partial charge in [-0.2, -0.15) is 0 Å². The molecule has 0 fully saturated rings. The van der Waals surface area contributed by atoms with Gasteiger partial charge in [0.15, 0.2) is 0 Å². The standard InChI is InChI=1S/C16H25N3O2/c1-11(2)17-9-5-6-16(21)19-14-7-8-15(12(3)10-14)18-13(4)20/h7-8,10-11,17H,5-6,9H2,1-4H3,(H,18,20)(H,19,21). The van der Waals surface area contributed by atoms with Gasteiger partial charge in [0.2, 0.25) is 11.8 Å². The number of rotatable bonds is 7. The summed E-state index contributed by atoms with van der Waals surface area (Å²) in [4.78, 5) is 22.9. The summed E-state index contributed by atoms with van der Waals surface area (Å²) in [6.07, 6.45) is 1.30. The Labute approximate surface area is 126 Å². The van der Waals surface area contributed by atoms with Crippen molar-refractivity contribution >= 4 is 23.2 Å². The van der Waals surface area contributed by atoms with E-state index >= 15 is 0 Å². The fraction of sp³-hybridized carbons (Fsp3) is 0.500. The molecule has 0 aliphatic carbocycles. The Hall–Kier alpha value is -1.88. The van der Waals surface area contributed by atoms with Crippen molar-refractivity contribution < 1.29 is 9.59 Å². The van der Waals surface area contributed by atoms with E-state index in [-0.39, 0.29) is 11.8 Å². The van der Waals surface area contributed by atoms with Gasteiger partial charge in [0.1, 0.15) is 0 Å². The van der Waals surface area contributed by atoms with Crippen molar-refractivity contribution in [3.05, 3.63) is 23.8 Å². The zero-order chi connectivity index (χ0) is 15.8. The minimum Gasteiger partial charge on any atom is -0.326 e. The SMILES string of the molecule is CC(=O)Nc1ccc(NC(=O)CCCNC(C)C)cc1C. The molecule has 3 N–H and O–H groups in total. The van der Waals surface area contributed by atoms with E-state index in [0.717, 1.165) is 29.9 Å². The second-order valence-corrected chi connectivity index (χ2v) is 5.47. The van der Waals surface area contributed by atoms with Gasteiger partial charge in [-0.15, -0.1) is 0 Å². The summed E-state index contributed by atoms with van der Waals surface area (Å²) in [5, 5.41) is 8.90. The molecule has 0 unspecified atom stereocenters.